The van der Waals surface area contributed by atoms with Gasteiger partial charge in [-0.25, -0.2) is 27.5 Å². The van der Waals surface area contributed by atoms with Gasteiger partial charge in [0.25, 0.3) is 5.92 Å². The summed E-state index contributed by atoms with van der Waals surface area (Å²) in [6.45, 7) is 4.79. The fourth-order valence-electron chi connectivity index (χ4n) is 12.9. The summed E-state index contributed by atoms with van der Waals surface area (Å²) in [4.78, 5) is 12.9. The lowest BCUT2D eigenvalue weighted by molar-refractivity contribution is -0.137. The number of nitrogens with zero attached hydrogens (tertiary/aromatic N) is 4. The van der Waals surface area contributed by atoms with Gasteiger partial charge in [-0.3, -0.25) is 4.90 Å². The first kappa shape index (κ1) is 53.0. The minimum absolute atomic E-state index is 0.0543. The van der Waals surface area contributed by atoms with Gasteiger partial charge in [-0.2, -0.15) is 13.2 Å². The van der Waals surface area contributed by atoms with Crippen molar-refractivity contribution in [1.82, 2.24) is 14.9 Å². The second kappa shape index (κ2) is 20.6. The maximum atomic E-state index is 18.4. The Morgan fingerprint density at radius 2 is 1.41 bits per heavy atom. The first-order valence-corrected chi connectivity index (χ1v) is 26.6. The SMILES string of the molecule is COc1ccc(CNc2ncncc2[C@H](C)C2CCCc3cc(-c4cc(N(Cc5ccc(OC)cc5)Cc5ccc(OC)cc5)c(F)c(C)c4C(F)(F)F)c(F)c4cc(OC[C@@]56CCCN5C[C@]5(CC5(F)F)C6)cc2c34)cc1. The first-order chi connectivity index (χ1) is 37.4. The second-order valence-electron chi connectivity index (χ2n) is 21.8. The number of ether oxygens (including phenoxy) is 4. The molecule has 0 radical (unpaired) electrons. The van der Waals surface area contributed by atoms with Crippen molar-refractivity contribution in [2.24, 2.45) is 5.41 Å². The molecule has 1 saturated carbocycles. The van der Waals surface area contributed by atoms with Crippen LogP contribution in [0.3, 0.4) is 0 Å². The minimum Gasteiger partial charge on any atom is -0.497 e. The number of anilines is 2. The van der Waals surface area contributed by atoms with Crippen molar-refractivity contribution in [1.29, 1.82) is 0 Å². The Labute approximate surface area is 449 Å². The van der Waals surface area contributed by atoms with E-state index in [1.807, 2.05) is 30.3 Å². The molecule has 1 spiro atoms. The number of fused-ring (bicyclic) bond motifs is 1. The summed E-state index contributed by atoms with van der Waals surface area (Å²) in [5, 5.41) is 4.11. The quantitative estimate of drug-likeness (QED) is 0.0897. The van der Waals surface area contributed by atoms with E-state index < -0.39 is 51.4 Å². The third-order valence-electron chi connectivity index (χ3n) is 17.1. The lowest BCUT2D eigenvalue weighted by Crippen LogP contribution is -2.43. The summed E-state index contributed by atoms with van der Waals surface area (Å²) in [6, 6.07) is 28.0. The summed E-state index contributed by atoms with van der Waals surface area (Å²) in [5.41, 5.74) is -0.0185. The fourth-order valence-corrected chi connectivity index (χ4v) is 12.9. The van der Waals surface area contributed by atoms with Crippen LogP contribution in [-0.2, 0) is 32.2 Å². The van der Waals surface area contributed by atoms with Gasteiger partial charge in [0, 0.05) is 55.3 Å². The maximum absolute atomic E-state index is 18.4. The molecule has 1 N–H and O–H groups in total. The molecule has 2 aliphatic carbocycles. The third-order valence-corrected chi connectivity index (χ3v) is 17.1. The molecule has 3 heterocycles. The minimum atomic E-state index is -5.10. The lowest BCUT2D eigenvalue weighted by Gasteiger charge is -2.32. The summed E-state index contributed by atoms with van der Waals surface area (Å²) < 4.78 is 136. The molecule has 16 heteroatoms. The highest BCUT2D eigenvalue weighted by molar-refractivity contribution is 5.96. The van der Waals surface area contributed by atoms with Crippen LogP contribution in [-0.4, -0.2) is 67.4 Å². The van der Waals surface area contributed by atoms with Crippen molar-refractivity contribution in [3.05, 3.63) is 166 Å². The molecule has 11 rings (SSSR count). The number of aromatic nitrogens is 2. The Kier molecular flexibility index (Phi) is 14.0. The molecule has 6 aromatic carbocycles. The van der Waals surface area contributed by atoms with E-state index in [-0.39, 0.29) is 73.3 Å². The van der Waals surface area contributed by atoms with Gasteiger partial charge in [0.2, 0.25) is 0 Å². The predicted molar refractivity (Wildman–Crippen MR) is 287 cm³/mol. The lowest BCUT2D eigenvalue weighted by atomic mass is 9.79. The number of hydrogen-bond donors (Lipinski definition) is 1. The van der Waals surface area contributed by atoms with E-state index in [1.165, 1.54) is 26.6 Å². The Balaban J connectivity index is 1.05. The van der Waals surface area contributed by atoms with Crippen LogP contribution in [0.25, 0.3) is 21.9 Å². The molecule has 2 aliphatic heterocycles. The van der Waals surface area contributed by atoms with Crippen LogP contribution < -0.4 is 29.2 Å². The Morgan fingerprint density at radius 3 is 2.01 bits per heavy atom. The summed E-state index contributed by atoms with van der Waals surface area (Å²) >= 11 is 0. The Bertz CT molecular complexity index is 3310. The fraction of sp³-hybridized carbons (Fsp3) is 0.387. The number of benzene rings is 6. The third kappa shape index (κ3) is 9.82. The molecule has 0 bridgehead atoms. The Morgan fingerprint density at radius 1 is 0.782 bits per heavy atom. The van der Waals surface area contributed by atoms with Gasteiger partial charge in [-0.05, 0) is 169 Å². The summed E-state index contributed by atoms with van der Waals surface area (Å²) in [5.74, 6) is -2.50. The van der Waals surface area contributed by atoms with Gasteiger partial charge >= 0.3 is 6.18 Å². The van der Waals surface area contributed by atoms with Crippen molar-refractivity contribution in [3.8, 4) is 34.1 Å². The monoisotopic (exact) mass is 1070 g/mol. The molecule has 2 saturated heterocycles. The zero-order valence-electron chi connectivity index (χ0n) is 44.3. The van der Waals surface area contributed by atoms with Crippen LogP contribution in [0.5, 0.6) is 23.0 Å². The Hall–Kier alpha value is -7.07. The molecular weight excluding hydrogens is 1010 g/mol. The van der Waals surface area contributed by atoms with Crippen LogP contribution >= 0.6 is 0 Å². The summed E-state index contributed by atoms with van der Waals surface area (Å²) in [6.07, 6.45) is 1.34. The van der Waals surface area contributed by atoms with Gasteiger partial charge in [0.1, 0.15) is 53.4 Å². The number of alkyl halides is 5. The van der Waals surface area contributed by atoms with E-state index in [1.54, 1.807) is 72.8 Å². The zero-order valence-corrected chi connectivity index (χ0v) is 44.3. The molecule has 408 valence electrons. The molecule has 9 nitrogen and oxygen atoms in total. The van der Waals surface area contributed by atoms with Crippen molar-refractivity contribution < 1.29 is 49.7 Å². The smallest absolute Gasteiger partial charge is 0.417 e. The molecule has 3 fully saturated rings. The maximum Gasteiger partial charge on any atom is 0.417 e. The van der Waals surface area contributed by atoms with E-state index in [4.69, 9.17) is 18.9 Å². The van der Waals surface area contributed by atoms with E-state index in [2.05, 4.69) is 27.1 Å². The van der Waals surface area contributed by atoms with Crippen LogP contribution in [0.2, 0.25) is 0 Å². The molecule has 0 amide bonds. The largest absolute Gasteiger partial charge is 0.497 e. The standard InChI is InChI=1S/C62H62F7N5O4/c1-37(52-29-70-36-72-58(52)71-28-39-10-16-43(75-3)17-11-39)47-9-6-8-42-24-50(57(64)51-26-46(25-48(47)54(42)51)78-35-60-22-7-23-74(60)34-59(32-60)33-61(59,65)66)49-27-53(56(63)38(2)55(49)62(67,68)69)73(30-40-12-18-44(76-4)19-13-40)31-41-14-20-45(77-5)21-15-41/h10-21,24-27,29,36-37,47H,6-9,22-23,28,30-35H2,1-5H3,(H,70,71,72)/t37-,47?,59-,60+/m1/s1. The number of hydrogen-bond acceptors (Lipinski definition) is 9. The first-order valence-electron chi connectivity index (χ1n) is 26.6. The predicted octanol–water partition coefficient (Wildman–Crippen LogP) is 14.6. The second-order valence-corrected chi connectivity index (χ2v) is 21.8. The van der Waals surface area contributed by atoms with E-state index in [0.29, 0.717) is 67.0 Å². The van der Waals surface area contributed by atoms with Crippen molar-refractivity contribution in [3.63, 3.8) is 0 Å². The van der Waals surface area contributed by atoms with Crippen LogP contribution in [0.15, 0.2) is 110 Å². The topological polar surface area (TPSA) is 81.2 Å². The highest BCUT2D eigenvalue weighted by atomic mass is 19.4. The van der Waals surface area contributed by atoms with E-state index in [0.717, 1.165) is 53.0 Å². The van der Waals surface area contributed by atoms with Crippen LogP contribution in [0, 0.1) is 24.0 Å². The number of rotatable bonds is 17. The number of halogens is 7. The van der Waals surface area contributed by atoms with E-state index in [9.17, 15) is 8.78 Å². The highest BCUT2D eigenvalue weighted by Gasteiger charge is 2.77. The molecule has 7 aromatic rings. The van der Waals surface area contributed by atoms with Crippen molar-refractivity contribution in [2.75, 3.05) is 51.2 Å². The van der Waals surface area contributed by atoms with Crippen molar-refractivity contribution >= 4 is 22.3 Å². The zero-order chi connectivity index (χ0) is 54.7. The molecule has 4 atom stereocenters. The van der Waals surface area contributed by atoms with Gasteiger partial charge in [-0.15, -0.1) is 0 Å². The van der Waals surface area contributed by atoms with Gasteiger partial charge < -0.3 is 29.2 Å². The van der Waals surface area contributed by atoms with E-state index >= 15 is 22.0 Å². The highest BCUT2D eigenvalue weighted by Crippen LogP contribution is 2.69. The average molecular weight is 1070 g/mol. The molecule has 1 aromatic heterocycles. The van der Waals surface area contributed by atoms with Crippen LogP contribution in [0.1, 0.15) is 102 Å². The van der Waals surface area contributed by atoms with Gasteiger partial charge in [-0.1, -0.05) is 43.3 Å². The molecule has 78 heavy (non-hydrogen) atoms. The average Bonchev–Trinajstić information content (AvgIpc) is 2.75. The van der Waals surface area contributed by atoms with Gasteiger partial charge in [0.05, 0.1) is 43.5 Å². The number of aryl methyl sites for hydroxylation is 1. The molecule has 4 aliphatic rings. The normalized spacial score (nSPS) is 20.8. The van der Waals surface area contributed by atoms with Crippen molar-refractivity contribution in [2.45, 2.75) is 108 Å². The number of methoxy groups -OCH3 is 3. The molecular formula is C62H62F7N5O4. The summed E-state index contributed by atoms with van der Waals surface area (Å²) in [7, 11) is 4.68. The number of nitrogens with one attached hydrogen (secondary N) is 1. The van der Waals surface area contributed by atoms with Crippen LogP contribution in [0.4, 0.5) is 42.2 Å². The molecule has 1 unspecified atom stereocenters. The van der Waals surface area contributed by atoms with Gasteiger partial charge in [0.15, 0.2) is 0 Å².